The summed E-state index contributed by atoms with van der Waals surface area (Å²) >= 11 is 0. The molecular weight excluding hydrogens is 286 g/mol. The lowest BCUT2D eigenvalue weighted by atomic mass is 10.2. The SMILES string of the molecule is CC(C)C.CC(C)OC(=O)NCC(=O)N1CCCC1C(N)=O. The lowest BCUT2D eigenvalue weighted by molar-refractivity contribution is -0.136. The first-order chi connectivity index (χ1) is 10.1. The number of hydrogen-bond acceptors (Lipinski definition) is 4. The highest BCUT2D eigenvalue weighted by Gasteiger charge is 2.32. The number of alkyl carbamates (subject to hydrolysis) is 1. The number of nitrogens with zero attached hydrogens (tertiary/aromatic N) is 1. The van der Waals surface area contributed by atoms with Gasteiger partial charge in [0, 0.05) is 6.54 Å². The van der Waals surface area contributed by atoms with E-state index in [0.29, 0.717) is 13.0 Å². The monoisotopic (exact) mass is 315 g/mol. The molecule has 0 aromatic carbocycles. The Hall–Kier alpha value is -1.79. The van der Waals surface area contributed by atoms with Gasteiger partial charge < -0.3 is 20.7 Å². The van der Waals surface area contributed by atoms with Gasteiger partial charge in [0.05, 0.1) is 6.10 Å². The van der Waals surface area contributed by atoms with Gasteiger partial charge in [-0.1, -0.05) is 20.8 Å². The first-order valence-electron chi connectivity index (χ1n) is 7.68. The van der Waals surface area contributed by atoms with E-state index in [1.807, 2.05) is 0 Å². The van der Waals surface area contributed by atoms with Crippen LogP contribution in [0.25, 0.3) is 0 Å². The molecule has 3 N–H and O–H groups in total. The summed E-state index contributed by atoms with van der Waals surface area (Å²) in [5.74, 6) is 0.00242. The fourth-order valence-electron chi connectivity index (χ4n) is 1.87. The van der Waals surface area contributed by atoms with Crippen LogP contribution in [0.4, 0.5) is 4.79 Å². The molecule has 1 unspecified atom stereocenters. The van der Waals surface area contributed by atoms with Gasteiger partial charge >= 0.3 is 6.09 Å². The zero-order valence-electron chi connectivity index (χ0n) is 14.2. The van der Waals surface area contributed by atoms with Crippen LogP contribution in [0.1, 0.15) is 47.5 Å². The summed E-state index contributed by atoms with van der Waals surface area (Å²) in [6.45, 7) is 10.2. The van der Waals surface area contributed by atoms with Gasteiger partial charge in [-0.3, -0.25) is 9.59 Å². The van der Waals surface area contributed by atoms with Crippen LogP contribution in [0.5, 0.6) is 0 Å². The Morgan fingerprint density at radius 1 is 1.23 bits per heavy atom. The quantitative estimate of drug-likeness (QED) is 0.815. The molecule has 0 aromatic rings. The average Bonchev–Trinajstić information content (AvgIpc) is 2.83. The second-order valence-corrected chi connectivity index (χ2v) is 6.19. The lowest BCUT2D eigenvalue weighted by Crippen LogP contribution is -2.47. The van der Waals surface area contributed by atoms with Gasteiger partial charge in [0.25, 0.3) is 0 Å². The molecule has 1 aliphatic rings. The Bertz CT molecular complexity index is 380. The minimum Gasteiger partial charge on any atom is -0.447 e. The van der Waals surface area contributed by atoms with E-state index in [0.717, 1.165) is 12.3 Å². The molecule has 1 aliphatic heterocycles. The van der Waals surface area contributed by atoms with Crippen molar-refractivity contribution in [2.75, 3.05) is 13.1 Å². The molecule has 0 aliphatic carbocycles. The molecule has 0 spiro atoms. The molecule has 7 nitrogen and oxygen atoms in total. The van der Waals surface area contributed by atoms with Gasteiger partial charge in [-0.2, -0.15) is 0 Å². The van der Waals surface area contributed by atoms with Crippen molar-refractivity contribution in [3.8, 4) is 0 Å². The highest BCUT2D eigenvalue weighted by atomic mass is 16.6. The highest BCUT2D eigenvalue weighted by Crippen LogP contribution is 2.16. The van der Waals surface area contributed by atoms with E-state index in [4.69, 9.17) is 10.5 Å². The zero-order chi connectivity index (χ0) is 17.3. The maximum Gasteiger partial charge on any atom is 0.407 e. The average molecular weight is 315 g/mol. The summed E-state index contributed by atoms with van der Waals surface area (Å²) in [6, 6.07) is -0.555. The van der Waals surface area contributed by atoms with E-state index in [-0.39, 0.29) is 18.6 Å². The molecule has 0 radical (unpaired) electrons. The molecule has 1 atom stereocenters. The fraction of sp³-hybridized carbons (Fsp3) is 0.800. The molecule has 0 bridgehead atoms. The molecule has 1 rings (SSSR count). The minimum absolute atomic E-state index is 0.185. The third kappa shape index (κ3) is 8.49. The normalized spacial score (nSPS) is 17.0. The molecule has 1 fully saturated rings. The Kier molecular flexibility index (Phi) is 9.21. The first kappa shape index (κ1) is 20.2. The van der Waals surface area contributed by atoms with Crippen LogP contribution in [0, 0.1) is 5.92 Å². The summed E-state index contributed by atoms with van der Waals surface area (Å²) < 4.78 is 4.83. The van der Waals surface area contributed by atoms with Gasteiger partial charge in [0.2, 0.25) is 11.8 Å². The number of amides is 3. The predicted molar refractivity (Wildman–Crippen MR) is 84.1 cm³/mol. The molecule has 7 heteroatoms. The van der Waals surface area contributed by atoms with Crippen molar-refractivity contribution in [1.29, 1.82) is 0 Å². The largest absolute Gasteiger partial charge is 0.447 e. The van der Waals surface area contributed by atoms with Crippen molar-refractivity contribution in [3.05, 3.63) is 0 Å². The third-order valence-electron chi connectivity index (χ3n) is 2.63. The van der Waals surface area contributed by atoms with Crippen LogP contribution in [-0.4, -0.2) is 48.0 Å². The van der Waals surface area contributed by atoms with Crippen molar-refractivity contribution in [3.63, 3.8) is 0 Å². The topological polar surface area (TPSA) is 102 Å². The smallest absolute Gasteiger partial charge is 0.407 e. The molecule has 0 aromatic heterocycles. The number of nitrogens with one attached hydrogen (secondary N) is 1. The number of nitrogens with two attached hydrogens (primary N) is 1. The van der Waals surface area contributed by atoms with E-state index in [1.54, 1.807) is 13.8 Å². The second kappa shape index (κ2) is 10.0. The number of likely N-dealkylation sites (tertiary alicyclic amines) is 1. The van der Waals surface area contributed by atoms with Crippen LogP contribution >= 0.6 is 0 Å². The van der Waals surface area contributed by atoms with Crippen LogP contribution in [0.2, 0.25) is 0 Å². The number of carbonyl (C=O) groups is 3. The zero-order valence-corrected chi connectivity index (χ0v) is 14.2. The van der Waals surface area contributed by atoms with Gasteiger partial charge in [-0.15, -0.1) is 0 Å². The van der Waals surface area contributed by atoms with E-state index in [2.05, 4.69) is 26.1 Å². The summed E-state index contributed by atoms with van der Waals surface area (Å²) in [4.78, 5) is 35.5. The summed E-state index contributed by atoms with van der Waals surface area (Å²) in [5, 5.41) is 2.35. The van der Waals surface area contributed by atoms with Gasteiger partial charge in [-0.05, 0) is 32.6 Å². The number of ether oxygens (including phenoxy) is 1. The van der Waals surface area contributed by atoms with Crippen LogP contribution < -0.4 is 11.1 Å². The van der Waals surface area contributed by atoms with Crippen LogP contribution in [0.15, 0.2) is 0 Å². The summed E-state index contributed by atoms with van der Waals surface area (Å²) in [7, 11) is 0. The molecule has 3 amide bonds. The van der Waals surface area contributed by atoms with E-state index in [9.17, 15) is 14.4 Å². The standard InChI is InChI=1S/C11H19N3O4.C4H10/c1-7(2)18-11(17)13-6-9(15)14-5-3-4-8(14)10(12)16;1-4(2)3/h7-8H,3-6H2,1-2H3,(H2,12,16)(H,13,17);4H,1-3H3. The molecule has 0 saturated carbocycles. The van der Waals surface area contributed by atoms with Crippen molar-refractivity contribution in [2.24, 2.45) is 11.7 Å². The lowest BCUT2D eigenvalue weighted by Gasteiger charge is -2.22. The van der Waals surface area contributed by atoms with Crippen LogP contribution in [0.3, 0.4) is 0 Å². The second-order valence-electron chi connectivity index (χ2n) is 6.19. The van der Waals surface area contributed by atoms with E-state index >= 15 is 0 Å². The Morgan fingerprint density at radius 3 is 2.23 bits per heavy atom. The molecule has 22 heavy (non-hydrogen) atoms. The van der Waals surface area contributed by atoms with E-state index in [1.165, 1.54) is 4.90 Å². The van der Waals surface area contributed by atoms with E-state index < -0.39 is 18.0 Å². The molecule has 128 valence electrons. The molecule has 1 saturated heterocycles. The van der Waals surface area contributed by atoms with Crippen molar-refractivity contribution >= 4 is 17.9 Å². The predicted octanol–water partition coefficient (Wildman–Crippen LogP) is 1.26. The van der Waals surface area contributed by atoms with Gasteiger partial charge in [0.15, 0.2) is 0 Å². The Balaban J connectivity index is 0.000000980. The van der Waals surface area contributed by atoms with Gasteiger partial charge in [0.1, 0.15) is 12.6 Å². The Labute approximate surface area is 132 Å². The maximum atomic E-state index is 11.8. The van der Waals surface area contributed by atoms with Crippen molar-refractivity contribution in [2.45, 2.75) is 59.6 Å². The molecule has 1 heterocycles. The van der Waals surface area contributed by atoms with Crippen LogP contribution in [-0.2, 0) is 14.3 Å². The Morgan fingerprint density at radius 2 is 1.77 bits per heavy atom. The summed E-state index contributed by atoms with van der Waals surface area (Å²) in [6.07, 6.45) is 0.436. The fourth-order valence-corrected chi connectivity index (χ4v) is 1.87. The summed E-state index contributed by atoms with van der Waals surface area (Å²) in [5.41, 5.74) is 5.20. The number of carbonyl (C=O) groups excluding carboxylic acids is 3. The number of rotatable bonds is 4. The van der Waals surface area contributed by atoms with Crippen molar-refractivity contribution < 1.29 is 19.1 Å². The third-order valence-corrected chi connectivity index (χ3v) is 2.63. The highest BCUT2D eigenvalue weighted by molar-refractivity contribution is 5.89. The van der Waals surface area contributed by atoms with Gasteiger partial charge in [-0.25, -0.2) is 4.79 Å². The maximum absolute atomic E-state index is 11.8. The minimum atomic E-state index is -0.645. The first-order valence-corrected chi connectivity index (χ1v) is 7.68. The number of primary amides is 1. The van der Waals surface area contributed by atoms with Crippen molar-refractivity contribution in [1.82, 2.24) is 10.2 Å². The molecular formula is C15H29N3O4. The number of hydrogen-bond donors (Lipinski definition) is 2.